The first kappa shape index (κ1) is 17.9. The molecule has 0 aliphatic carbocycles. The molecule has 1 unspecified atom stereocenters. The molecule has 0 fully saturated rings. The van der Waals surface area contributed by atoms with E-state index in [-0.39, 0.29) is 11.9 Å². The van der Waals surface area contributed by atoms with E-state index < -0.39 is 0 Å². The Bertz CT molecular complexity index is 655. The van der Waals surface area contributed by atoms with Gasteiger partial charge in [-0.25, -0.2) is 0 Å². The Kier molecular flexibility index (Phi) is 6.67. The lowest BCUT2D eigenvalue weighted by Crippen LogP contribution is -2.28. The predicted molar refractivity (Wildman–Crippen MR) is 95.7 cm³/mol. The first-order valence-electron chi connectivity index (χ1n) is 8.45. The van der Waals surface area contributed by atoms with Gasteiger partial charge in [-0.05, 0) is 38.0 Å². The van der Waals surface area contributed by atoms with Gasteiger partial charge in [0, 0.05) is 6.07 Å². The molecule has 0 spiro atoms. The van der Waals surface area contributed by atoms with Crippen molar-refractivity contribution in [2.45, 2.75) is 33.2 Å². The van der Waals surface area contributed by atoms with Crippen LogP contribution in [0.1, 0.15) is 49.2 Å². The maximum Gasteiger partial charge on any atom is 0.255 e. The van der Waals surface area contributed by atoms with Crippen molar-refractivity contribution in [1.29, 1.82) is 0 Å². The number of hydrogen-bond acceptors (Lipinski definition) is 3. The lowest BCUT2D eigenvalue weighted by molar-refractivity contribution is 0.0931. The summed E-state index contributed by atoms with van der Waals surface area (Å²) in [5, 5.41) is 3.09. The summed E-state index contributed by atoms with van der Waals surface area (Å²) < 4.78 is 11.1. The summed E-state index contributed by atoms with van der Waals surface area (Å²) in [5.74, 6) is 1.11. The van der Waals surface area contributed by atoms with E-state index in [4.69, 9.17) is 9.47 Å². The molecule has 0 aliphatic rings. The quantitative estimate of drug-likeness (QED) is 0.783. The maximum atomic E-state index is 12.7. The van der Waals surface area contributed by atoms with Crippen LogP contribution in [0.5, 0.6) is 11.5 Å². The van der Waals surface area contributed by atoms with Crippen molar-refractivity contribution < 1.29 is 14.3 Å². The number of carbonyl (C=O) groups is 1. The Hall–Kier alpha value is -2.49. The van der Waals surface area contributed by atoms with E-state index in [1.165, 1.54) is 0 Å². The van der Waals surface area contributed by atoms with Crippen LogP contribution in [0.25, 0.3) is 0 Å². The number of nitrogens with one attached hydrogen (secondary N) is 1. The standard InChI is InChI=1S/C20H25NO3/c1-4-18(15-10-8-7-9-11-15)21-20(22)17-13-12-16(23-5-2)14-19(17)24-6-3/h7-14,18H,4-6H2,1-3H3,(H,21,22). The summed E-state index contributed by atoms with van der Waals surface area (Å²) in [6.45, 7) is 6.94. The van der Waals surface area contributed by atoms with Gasteiger partial charge in [0.25, 0.3) is 5.91 Å². The second-order valence-corrected chi connectivity index (χ2v) is 5.37. The van der Waals surface area contributed by atoms with Crippen LogP contribution >= 0.6 is 0 Å². The molecule has 0 aliphatic heterocycles. The number of rotatable bonds is 8. The number of ether oxygens (including phenoxy) is 2. The topological polar surface area (TPSA) is 47.6 Å². The van der Waals surface area contributed by atoms with Gasteiger partial charge >= 0.3 is 0 Å². The Balaban J connectivity index is 2.21. The molecule has 4 heteroatoms. The fourth-order valence-corrected chi connectivity index (χ4v) is 2.56. The highest BCUT2D eigenvalue weighted by Gasteiger charge is 2.18. The molecule has 1 atom stereocenters. The number of amides is 1. The molecular weight excluding hydrogens is 302 g/mol. The summed E-state index contributed by atoms with van der Waals surface area (Å²) in [7, 11) is 0. The van der Waals surface area contributed by atoms with Gasteiger partial charge in [0.2, 0.25) is 0 Å². The fourth-order valence-electron chi connectivity index (χ4n) is 2.56. The van der Waals surface area contributed by atoms with Crippen molar-refractivity contribution in [3.05, 3.63) is 59.7 Å². The fraction of sp³-hybridized carbons (Fsp3) is 0.350. The van der Waals surface area contributed by atoms with Gasteiger partial charge in [0.1, 0.15) is 11.5 Å². The van der Waals surface area contributed by atoms with E-state index >= 15 is 0 Å². The maximum absolute atomic E-state index is 12.7. The van der Waals surface area contributed by atoms with Gasteiger partial charge in [-0.15, -0.1) is 0 Å². The van der Waals surface area contributed by atoms with Gasteiger partial charge in [-0.2, -0.15) is 0 Å². The summed E-state index contributed by atoms with van der Waals surface area (Å²) >= 11 is 0. The molecule has 128 valence electrons. The van der Waals surface area contributed by atoms with Crippen LogP contribution in [0, 0.1) is 0 Å². The minimum atomic E-state index is -0.141. The number of benzene rings is 2. The first-order chi connectivity index (χ1) is 11.7. The average molecular weight is 327 g/mol. The van der Waals surface area contributed by atoms with Crippen molar-refractivity contribution >= 4 is 5.91 Å². The van der Waals surface area contributed by atoms with Crippen LogP contribution in [0.15, 0.2) is 48.5 Å². The van der Waals surface area contributed by atoms with E-state index in [1.54, 1.807) is 18.2 Å². The Morgan fingerprint density at radius 3 is 2.33 bits per heavy atom. The van der Waals surface area contributed by atoms with Gasteiger partial charge in [-0.3, -0.25) is 4.79 Å². The van der Waals surface area contributed by atoms with E-state index in [0.29, 0.717) is 30.3 Å². The summed E-state index contributed by atoms with van der Waals surface area (Å²) in [6.07, 6.45) is 0.816. The SMILES string of the molecule is CCOc1ccc(C(=O)NC(CC)c2ccccc2)c(OCC)c1. The van der Waals surface area contributed by atoms with E-state index in [9.17, 15) is 4.79 Å². The van der Waals surface area contributed by atoms with Crippen LogP contribution in [0.3, 0.4) is 0 Å². The monoisotopic (exact) mass is 327 g/mol. The molecule has 2 aromatic carbocycles. The minimum absolute atomic E-state index is 0.0280. The van der Waals surface area contributed by atoms with Gasteiger partial charge in [0.15, 0.2) is 0 Å². The molecule has 0 saturated heterocycles. The first-order valence-corrected chi connectivity index (χ1v) is 8.45. The highest BCUT2D eigenvalue weighted by molar-refractivity contribution is 5.97. The molecule has 0 saturated carbocycles. The zero-order valence-corrected chi connectivity index (χ0v) is 14.5. The zero-order chi connectivity index (χ0) is 17.4. The molecule has 1 amide bonds. The van der Waals surface area contributed by atoms with Crippen LogP contribution in [0.2, 0.25) is 0 Å². The summed E-state index contributed by atoms with van der Waals surface area (Å²) in [5.41, 5.74) is 1.62. The van der Waals surface area contributed by atoms with Gasteiger partial charge < -0.3 is 14.8 Å². The van der Waals surface area contributed by atoms with Crippen molar-refractivity contribution in [3.8, 4) is 11.5 Å². The third-order valence-electron chi connectivity index (χ3n) is 3.72. The normalized spacial score (nSPS) is 11.6. The molecular formula is C20H25NO3. The van der Waals surface area contributed by atoms with Crippen LogP contribution < -0.4 is 14.8 Å². The van der Waals surface area contributed by atoms with Crippen LogP contribution in [-0.2, 0) is 0 Å². The van der Waals surface area contributed by atoms with E-state index in [0.717, 1.165) is 12.0 Å². The lowest BCUT2D eigenvalue weighted by Gasteiger charge is -2.19. The van der Waals surface area contributed by atoms with Crippen molar-refractivity contribution in [1.82, 2.24) is 5.32 Å². The molecule has 24 heavy (non-hydrogen) atoms. The van der Waals surface area contributed by atoms with Gasteiger partial charge in [-0.1, -0.05) is 37.3 Å². The summed E-state index contributed by atoms with van der Waals surface area (Å²) in [4.78, 5) is 12.7. The Morgan fingerprint density at radius 1 is 1.00 bits per heavy atom. The largest absolute Gasteiger partial charge is 0.494 e. The van der Waals surface area contributed by atoms with Crippen molar-refractivity contribution in [2.24, 2.45) is 0 Å². The third kappa shape index (κ3) is 4.51. The Labute approximate surface area is 143 Å². The predicted octanol–water partition coefficient (Wildman–Crippen LogP) is 4.37. The lowest BCUT2D eigenvalue weighted by atomic mass is 10.0. The molecule has 4 nitrogen and oxygen atoms in total. The molecule has 0 bridgehead atoms. The minimum Gasteiger partial charge on any atom is -0.494 e. The molecule has 1 N–H and O–H groups in total. The molecule has 2 rings (SSSR count). The van der Waals surface area contributed by atoms with E-state index in [2.05, 4.69) is 12.2 Å². The van der Waals surface area contributed by atoms with Gasteiger partial charge in [0.05, 0.1) is 24.8 Å². The second-order valence-electron chi connectivity index (χ2n) is 5.37. The molecule has 0 aromatic heterocycles. The summed E-state index contributed by atoms with van der Waals surface area (Å²) in [6, 6.07) is 15.3. The molecule has 2 aromatic rings. The smallest absolute Gasteiger partial charge is 0.255 e. The highest BCUT2D eigenvalue weighted by Crippen LogP contribution is 2.26. The van der Waals surface area contributed by atoms with Crippen LogP contribution in [0.4, 0.5) is 0 Å². The second kappa shape index (κ2) is 8.96. The number of hydrogen-bond donors (Lipinski definition) is 1. The van der Waals surface area contributed by atoms with Crippen LogP contribution in [-0.4, -0.2) is 19.1 Å². The number of carbonyl (C=O) groups excluding carboxylic acids is 1. The van der Waals surface area contributed by atoms with Crippen molar-refractivity contribution in [2.75, 3.05) is 13.2 Å². The van der Waals surface area contributed by atoms with E-state index in [1.807, 2.05) is 44.2 Å². The average Bonchev–Trinajstić information content (AvgIpc) is 2.61. The molecule has 0 heterocycles. The third-order valence-corrected chi connectivity index (χ3v) is 3.72. The Morgan fingerprint density at radius 2 is 1.71 bits per heavy atom. The molecule has 0 radical (unpaired) electrons. The zero-order valence-electron chi connectivity index (χ0n) is 14.5. The van der Waals surface area contributed by atoms with Crippen molar-refractivity contribution in [3.63, 3.8) is 0 Å². The highest BCUT2D eigenvalue weighted by atomic mass is 16.5.